The SMILES string of the molecule is [K].[O]OP(=O)=O. The second-order valence-electron chi connectivity index (χ2n) is 0.298. The molecule has 0 aromatic heterocycles. The first-order valence-corrected chi connectivity index (χ1v) is 1.81. The van der Waals surface area contributed by atoms with Gasteiger partial charge in [0.15, 0.2) is 0 Å². The molecule has 0 aliphatic rings. The molecular formula is KO4P. The van der Waals surface area contributed by atoms with Crippen LogP contribution in [0.15, 0.2) is 0 Å². The summed E-state index contributed by atoms with van der Waals surface area (Å²) >= 11 is 0. The Balaban J connectivity index is 0. The second kappa shape index (κ2) is 6.46. The second-order valence-corrected chi connectivity index (χ2v) is 0.894. The van der Waals surface area contributed by atoms with E-state index in [0.717, 1.165) is 0 Å². The topological polar surface area (TPSA) is 63.3 Å². The molecule has 4 nitrogen and oxygen atoms in total. The van der Waals surface area contributed by atoms with Crippen molar-refractivity contribution in [2.75, 3.05) is 0 Å². The Hall–Kier alpha value is 1.46. The number of hydrogen-bond acceptors (Lipinski definition) is 3. The van der Waals surface area contributed by atoms with Crippen LogP contribution in [0.1, 0.15) is 0 Å². The molecule has 0 saturated carbocycles. The normalized spacial score (nSPS) is 6.17. The van der Waals surface area contributed by atoms with Gasteiger partial charge in [-0.25, -0.2) is 9.13 Å². The van der Waals surface area contributed by atoms with Crippen molar-refractivity contribution in [2.45, 2.75) is 0 Å². The van der Waals surface area contributed by atoms with Crippen molar-refractivity contribution < 1.29 is 19.1 Å². The van der Waals surface area contributed by atoms with Crippen molar-refractivity contribution in [3.63, 3.8) is 0 Å². The van der Waals surface area contributed by atoms with Gasteiger partial charge in [0.1, 0.15) is 0 Å². The average Bonchev–Trinajstić information content (AvgIpc) is 1.38. The van der Waals surface area contributed by atoms with Gasteiger partial charge in [0.25, 0.3) is 0 Å². The van der Waals surface area contributed by atoms with Crippen LogP contribution in [-0.2, 0) is 19.1 Å². The summed E-state index contributed by atoms with van der Waals surface area (Å²) in [5.41, 5.74) is 0. The molecule has 0 aromatic carbocycles. The first kappa shape index (κ1) is 10.4. The third kappa shape index (κ3) is 9.07. The summed E-state index contributed by atoms with van der Waals surface area (Å²) in [5.74, 6) is 0. The molecule has 30 valence electrons. The van der Waals surface area contributed by atoms with Gasteiger partial charge in [0.2, 0.25) is 0 Å². The zero-order chi connectivity index (χ0) is 4.28. The van der Waals surface area contributed by atoms with Crippen molar-refractivity contribution in [2.24, 2.45) is 0 Å². The molecule has 0 heterocycles. The van der Waals surface area contributed by atoms with E-state index < -0.39 is 7.91 Å². The summed E-state index contributed by atoms with van der Waals surface area (Å²) in [6.07, 6.45) is 0. The summed E-state index contributed by atoms with van der Waals surface area (Å²) in [6.45, 7) is 0. The van der Waals surface area contributed by atoms with Gasteiger partial charge in [-0.05, 0) is 5.26 Å². The van der Waals surface area contributed by atoms with E-state index in [4.69, 9.17) is 14.4 Å². The van der Waals surface area contributed by atoms with Crippen LogP contribution in [0.3, 0.4) is 0 Å². The van der Waals surface area contributed by atoms with Crippen LogP contribution in [0.5, 0.6) is 0 Å². The molecule has 0 fully saturated rings. The van der Waals surface area contributed by atoms with Crippen molar-refractivity contribution in [1.29, 1.82) is 0 Å². The number of hydrogen-bond donors (Lipinski definition) is 0. The standard InChI is InChI=1S/K.O4P/c;1-4-5(2)3. The minimum absolute atomic E-state index is 0. The Morgan fingerprint density at radius 2 is 1.50 bits per heavy atom. The van der Waals surface area contributed by atoms with Crippen LogP contribution in [0, 0.1) is 0 Å². The molecule has 0 spiro atoms. The molecule has 0 atom stereocenters. The van der Waals surface area contributed by atoms with Crippen molar-refractivity contribution >= 4 is 59.3 Å². The molecular weight excluding hydrogens is 134 g/mol. The quantitative estimate of drug-likeness (QED) is 0.220. The van der Waals surface area contributed by atoms with Crippen LogP contribution >= 0.6 is 7.91 Å². The zero-order valence-electron chi connectivity index (χ0n) is 3.08. The Morgan fingerprint density at radius 1 is 1.33 bits per heavy atom. The van der Waals surface area contributed by atoms with Crippen LogP contribution in [0.2, 0.25) is 0 Å². The van der Waals surface area contributed by atoms with E-state index in [-0.39, 0.29) is 51.4 Å². The molecule has 2 radical (unpaired) electrons. The van der Waals surface area contributed by atoms with E-state index in [1.54, 1.807) is 0 Å². The van der Waals surface area contributed by atoms with Crippen LogP contribution in [-0.4, -0.2) is 51.4 Å². The molecule has 0 saturated heterocycles. The Labute approximate surface area is 77.1 Å². The van der Waals surface area contributed by atoms with Crippen molar-refractivity contribution in [1.82, 2.24) is 0 Å². The van der Waals surface area contributed by atoms with Gasteiger partial charge >= 0.3 is 7.91 Å². The van der Waals surface area contributed by atoms with E-state index in [1.807, 2.05) is 0 Å². The minimum Gasteiger partial charge on any atom is -0.201 e. The third-order valence-electron chi connectivity index (χ3n) is 0.0609. The first-order valence-electron chi connectivity index (χ1n) is 0.714. The number of rotatable bonds is 1. The molecule has 0 aliphatic carbocycles. The summed E-state index contributed by atoms with van der Waals surface area (Å²) in [6, 6.07) is 0. The van der Waals surface area contributed by atoms with Gasteiger partial charge in [0.05, 0.1) is 0 Å². The van der Waals surface area contributed by atoms with Crippen LogP contribution < -0.4 is 0 Å². The molecule has 0 aromatic rings. The van der Waals surface area contributed by atoms with Crippen LogP contribution in [0.25, 0.3) is 0 Å². The molecule has 0 aliphatic heterocycles. The fourth-order valence-electron chi connectivity index (χ4n) is 0. The summed E-state index contributed by atoms with van der Waals surface area (Å²) in [5, 5.41) is 8.53. The predicted molar refractivity (Wildman–Crippen MR) is 15.8 cm³/mol. The van der Waals surface area contributed by atoms with Gasteiger partial charge in [-0.1, -0.05) is 4.67 Å². The summed E-state index contributed by atoms with van der Waals surface area (Å²) in [7, 11) is -3.15. The van der Waals surface area contributed by atoms with E-state index in [1.165, 1.54) is 0 Å². The molecule has 0 unspecified atom stereocenters. The maximum Gasteiger partial charge on any atom is 0.498 e. The van der Waals surface area contributed by atoms with Gasteiger partial charge in [-0.2, -0.15) is 0 Å². The largest absolute Gasteiger partial charge is 0.498 e. The van der Waals surface area contributed by atoms with Crippen molar-refractivity contribution in [3.8, 4) is 0 Å². The third-order valence-corrected chi connectivity index (χ3v) is 0.183. The van der Waals surface area contributed by atoms with Crippen molar-refractivity contribution in [3.05, 3.63) is 0 Å². The minimum atomic E-state index is -3.15. The van der Waals surface area contributed by atoms with Gasteiger partial charge in [-0.3, -0.25) is 0 Å². The molecule has 0 N–H and O–H groups in total. The van der Waals surface area contributed by atoms with E-state index in [9.17, 15) is 0 Å². The smallest absolute Gasteiger partial charge is 0.201 e. The fourth-order valence-corrected chi connectivity index (χ4v) is 0. The Kier molecular flexibility index (Phi) is 11.2. The maximum absolute atomic E-state index is 8.87. The molecule has 6 heteroatoms. The molecule has 6 heavy (non-hydrogen) atoms. The van der Waals surface area contributed by atoms with Gasteiger partial charge in [-0.15, -0.1) is 0 Å². The maximum atomic E-state index is 8.87. The first-order chi connectivity index (χ1) is 2.27. The summed E-state index contributed by atoms with van der Waals surface area (Å²) in [4.78, 5) is 0. The van der Waals surface area contributed by atoms with Gasteiger partial charge < -0.3 is 0 Å². The van der Waals surface area contributed by atoms with Gasteiger partial charge in [0, 0.05) is 51.4 Å². The predicted octanol–water partition coefficient (Wildman–Crippen LogP) is 0.0556. The Bertz CT molecular complexity index is 65.6. The Morgan fingerprint density at radius 3 is 1.50 bits per heavy atom. The van der Waals surface area contributed by atoms with Crippen LogP contribution in [0.4, 0.5) is 0 Å². The molecule has 0 amide bonds. The molecule has 0 bridgehead atoms. The fraction of sp³-hybridized carbons (Fsp3) is 0. The van der Waals surface area contributed by atoms with E-state index in [0.29, 0.717) is 0 Å². The zero-order valence-corrected chi connectivity index (χ0v) is 7.10. The van der Waals surface area contributed by atoms with E-state index in [2.05, 4.69) is 4.67 Å². The average molecular weight is 134 g/mol. The molecule has 0 rings (SSSR count). The summed E-state index contributed by atoms with van der Waals surface area (Å²) < 4.78 is 20.2. The van der Waals surface area contributed by atoms with E-state index >= 15 is 0 Å². The monoisotopic (exact) mass is 134 g/mol.